The van der Waals surface area contributed by atoms with Gasteiger partial charge in [-0.1, -0.05) is 62.5 Å². The summed E-state index contributed by atoms with van der Waals surface area (Å²) in [4.78, 5) is 14.6. The highest BCUT2D eigenvalue weighted by Crippen LogP contribution is 2.60. The van der Waals surface area contributed by atoms with Crippen LogP contribution in [0.3, 0.4) is 0 Å². The number of hydrogen-bond donors (Lipinski definition) is 0. The van der Waals surface area contributed by atoms with Crippen molar-refractivity contribution in [2.24, 2.45) is 28.6 Å². The van der Waals surface area contributed by atoms with Crippen molar-refractivity contribution in [1.82, 2.24) is 0 Å². The molecule has 3 aliphatic rings. The maximum absolute atomic E-state index is 12.4. The SMILES string of the molecule is C[C@H](CCC[C@@]1(C)O[C@H](C(C)(C)C)OC1=O)[C@H]1CCC2C(=CBr)CCC[C@]21C. The normalized spacial score (nSPS) is 41.2. The zero-order valence-electron chi connectivity index (χ0n) is 18.6. The van der Waals surface area contributed by atoms with E-state index in [9.17, 15) is 4.79 Å². The molecule has 0 spiro atoms. The number of halogens is 1. The number of allylic oxidation sites excluding steroid dienone is 1. The van der Waals surface area contributed by atoms with E-state index in [2.05, 4.69) is 55.5 Å². The minimum atomic E-state index is -0.781. The lowest BCUT2D eigenvalue weighted by Crippen LogP contribution is -2.36. The molecule has 6 atom stereocenters. The van der Waals surface area contributed by atoms with Gasteiger partial charge in [0, 0.05) is 5.41 Å². The van der Waals surface area contributed by atoms with Crippen LogP contribution in [0, 0.1) is 28.6 Å². The largest absolute Gasteiger partial charge is 0.433 e. The van der Waals surface area contributed by atoms with Gasteiger partial charge in [0.05, 0.1) is 0 Å². The van der Waals surface area contributed by atoms with Gasteiger partial charge in [-0.3, -0.25) is 0 Å². The Kier molecular flexibility index (Phi) is 6.43. The first-order valence-corrected chi connectivity index (χ1v) is 12.1. The Labute approximate surface area is 180 Å². The summed E-state index contributed by atoms with van der Waals surface area (Å²) in [5.74, 6) is 2.04. The van der Waals surface area contributed by atoms with E-state index in [-0.39, 0.29) is 11.4 Å². The van der Waals surface area contributed by atoms with Crippen LogP contribution in [0.1, 0.15) is 92.9 Å². The molecule has 0 N–H and O–H groups in total. The van der Waals surface area contributed by atoms with E-state index in [1.54, 1.807) is 5.57 Å². The second-order valence-corrected chi connectivity index (χ2v) is 11.6. The maximum Gasteiger partial charge on any atom is 0.340 e. The molecule has 0 aromatic rings. The average molecular weight is 455 g/mol. The van der Waals surface area contributed by atoms with Gasteiger partial charge in [-0.15, -0.1) is 0 Å². The molecule has 28 heavy (non-hydrogen) atoms. The molecule has 1 heterocycles. The van der Waals surface area contributed by atoms with E-state index in [1.165, 1.54) is 32.1 Å². The first kappa shape index (κ1) is 22.3. The van der Waals surface area contributed by atoms with Gasteiger partial charge in [-0.25, -0.2) is 4.79 Å². The number of rotatable bonds is 5. The minimum Gasteiger partial charge on any atom is -0.433 e. The third-order valence-electron chi connectivity index (χ3n) is 7.90. The lowest BCUT2D eigenvalue weighted by atomic mass is 9.61. The molecular weight excluding hydrogens is 416 g/mol. The third kappa shape index (κ3) is 4.10. The molecule has 3 nitrogen and oxygen atoms in total. The van der Waals surface area contributed by atoms with Crippen LogP contribution in [0.5, 0.6) is 0 Å². The van der Waals surface area contributed by atoms with Crippen LogP contribution in [0.2, 0.25) is 0 Å². The molecule has 1 aliphatic heterocycles. The van der Waals surface area contributed by atoms with Gasteiger partial charge in [0.1, 0.15) is 0 Å². The Hall–Kier alpha value is -0.350. The van der Waals surface area contributed by atoms with Crippen LogP contribution < -0.4 is 0 Å². The Bertz CT molecular complexity index is 622. The quantitative estimate of drug-likeness (QED) is 0.419. The molecule has 0 aromatic heterocycles. The number of ether oxygens (including phenoxy) is 2. The Morgan fingerprint density at radius 1 is 1.29 bits per heavy atom. The number of cyclic esters (lactones) is 1. The summed E-state index contributed by atoms with van der Waals surface area (Å²) in [6.45, 7) is 13.0. The zero-order chi connectivity index (χ0) is 20.7. The van der Waals surface area contributed by atoms with Crippen molar-refractivity contribution in [3.63, 3.8) is 0 Å². The highest BCUT2D eigenvalue weighted by Gasteiger charge is 2.52. The summed E-state index contributed by atoms with van der Waals surface area (Å²) in [6.07, 6.45) is 9.11. The fourth-order valence-electron chi connectivity index (χ4n) is 6.15. The van der Waals surface area contributed by atoms with Gasteiger partial charge < -0.3 is 9.47 Å². The van der Waals surface area contributed by atoms with Gasteiger partial charge in [-0.05, 0) is 80.0 Å². The zero-order valence-corrected chi connectivity index (χ0v) is 20.2. The fourth-order valence-corrected chi connectivity index (χ4v) is 6.70. The highest BCUT2D eigenvalue weighted by atomic mass is 79.9. The predicted octanol–water partition coefficient (Wildman–Crippen LogP) is 6.99. The fraction of sp³-hybridized carbons (Fsp3) is 0.875. The molecule has 3 fully saturated rings. The van der Waals surface area contributed by atoms with Gasteiger partial charge in [0.15, 0.2) is 5.60 Å². The van der Waals surface area contributed by atoms with Gasteiger partial charge in [0.2, 0.25) is 6.29 Å². The van der Waals surface area contributed by atoms with Gasteiger partial charge >= 0.3 is 5.97 Å². The van der Waals surface area contributed by atoms with E-state index in [4.69, 9.17) is 9.47 Å². The van der Waals surface area contributed by atoms with E-state index in [0.29, 0.717) is 11.3 Å². The lowest BCUT2D eigenvalue weighted by Gasteiger charge is -2.44. The van der Waals surface area contributed by atoms with Crippen molar-refractivity contribution in [3.05, 3.63) is 10.6 Å². The molecule has 1 unspecified atom stereocenters. The summed E-state index contributed by atoms with van der Waals surface area (Å²) in [5, 5.41) is 0. The smallest absolute Gasteiger partial charge is 0.340 e. The number of esters is 1. The van der Waals surface area contributed by atoms with Crippen molar-refractivity contribution in [2.75, 3.05) is 0 Å². The average Bonchev–Trinajstić information content (AvgIpc) is 3.11. The number of fused-ring (bicyclic) bond motifs is 1. The lowest BCUT2D eigenvalue weighted by molar-refractivity contribution is -0.155. The van der Waals surface area contributed by atoms with Crippen molar-refractivity contribution in [2.45, 2.75) is 105 Å². The van der Waals surface area contributed by atoms with E-state index in [1.807, 2.05) is 6.92 Å². The molecule has 2 aliphatic carbocycles. The first-order chi connectivity index (χ1) is 13.0. The molecular formula is C24H39BrO3. The molecule has 1 saturated heterocycles. The minimum absolute atomic E-state index is 0.185. The highest BCUT2D eigenvalue weighted by molar-refractivity contribution is 9.11. The molecule has 0 bridgehead atoms. The molecule has 4 heteroatoms. The van der Waals surface area contributed by atoms with Crippen LogP contribution in [0.25, 0.3) is 0 Å². The van der Waals surface area contributed by atoms with E-state index < -0.39 is 11.9 Å². The molecule has 2 saturated carbocycles. The summed E-state index contributed by atoms with van der Waals surface area (Å²) in [7, 11) is 0. The van der Waals surface area contributed by atoms with E-state index >= 15 is 0 Å². The monoisotopic (exact) mass is 454 g/mol. The topological polar surface area (TPSA) is 35.5 Å². The van der Waals surface area contributed by atoms with Crippen molar-refractivity contribution >= 4 is 21.9 Å². The van der Waals surface area contributed by atoms with Gasteiger partial charge in [0.25, 0.3) is 0 Å². The molecule has 160 valence electrons. The van der Waals surface area contributed by atoms with Crippen LogP contribution in [-0.4, -0.2) is 17.9 Å². The van der Waals surface area contributed by atoms with Crippen LogP contribution >= 0.6 is 15.9 Å². The number of carbonyl (C=O) groups excluding carboxylic acids is 1. The molecule has 0 aromatic carbocycles. The van der Waals surface area contributed by atoms with Crippen molar-refractivity contribution < 1.29 is 14.3 Å². The first-order valence-electron chi connectivity index (χ1n) is 11.2. The second-order valence-electron chi connectivity index (χ2n) is 11.1. The number of carbonyl (C=O) groups is 1. The molecule has 0 amide bonds. The second kappa shape index (κ2) is 8.06. The Balaban J connectivity index is 1.56. The summed E-state index contributed by atoms with van der Waals surface area (Å²) in [6, 6.07) is 0. The van der Waals surface area contributed by atoms with Crippen molar-refractivity contribution in [3.8, 4) is 0 Å². The van der Waals surface area contributed by atoms with Crippen LogP contribution in [0.15, 0.2) is 10.6 Å². The summed E-state index contributed by atoms with van der Waals surface area (Å²) >= 11 is 3.62. The molecule has 0 radical (unpaired) electrons. The summed E-state index contributed by atoms with van der Waals surface area (Å²) < 4.78 is 11.6. The van der Waals surface area contributed by atoms with Gasteiger partial charge in [-0.2, -0.15) is 0 Å². The number of hydrogen-bond acceptors (Lipinski definition) is 3. The van der Waals surface area contributed by atoms with Crippen LogP contribution in [-0.2, 0) is 14.3 Å². The third-order valence-corrected chi connectivity index (χ3v) is 8.49. The Morgan fingerprint density at radius 2 is 2.00 bits per heavy atom. The Morgan fingerprint density at radius 3 is 2.61 bits per heavy atom. The predicted molar refractivity (Wildman–Crippen MR) is 117 cm³/mol. The van der Waals surface area contributed by atoms with Crippen molar-refractivity contribution in [1.29, 1.82) is 0 Å². The summed E-state index contributed by atoms with van der Waals surface area (Å²) in [5.41, 5.74) is 1.11. The van der Waals surface area contributed by atoms with E-state index in [0.717, 1.165) is 31.1 Å². The van der Waals surface area contributed by atoms with Crippen LogP contribution in [0.4, 0.5) is 0 Å². The standard InChI is InChI=1S/C24H39BrO3/c1-16(18-11-12-19-17(15-25)10-8-13-23(18,19)5)9-7-14-24(6)20(26)27-21(28-24)22(2,3)4/h15-16,18-19,21H,7-14H2,1-6H3/t16-,18-,19?,21-,23+,24-/m1/s1. The molecule has 3 rings (SSSR count). The maximum atomic E-state index is 12.4.